The summed E-state index contributed by atoms with van der Waals surface area (Å²) in [6.07, 6.45) is 9.55. The van der Waals surface area contributed by atoms with Gasteiger partial charge in [-0.15, -0.1) is 0 Å². The van der Waals surface area contributed by atoms with E-state index >= 15 is 0 Å². The minimum Gasteiger partial charge on any atom is -0.368 e. The second-order valence-corrected chi connectivity index (χ2v) is 6.52. The Morgan fingerprint density at radius 1 is 1.52 bits per heavy atom. The number of fused-ring (bicyclic) bond motifs is 1. The van der Waals surface area contributed by atoms with Gasteiger partial charge in [0.25, 0.3) is 0 Å². The lowest BCUT2D eigenvalue weighted by molar-refractivity contribution is -0.122. The first kappa shape index (κ1) is 15.8. The molecule has 130 valence electrons. The number of ether oxygens (including phenoxy) is 1. The monoisotopic (exact) mass is 339 g/mol. The highest BCUT2D eigenvalue weighted by Crippen LogP contribution is 2.35. The third-order valence-corrected chi connectivity index (χ3v) is 4.79. The average molecular weight is 339 g/mol. The Morgan fingerprint density at radius 2 is 2.44 bits per heavy atom. The van der Waals surface area contributed by atoms with E-state index in [9.17, 15) is 4.79 Å². The second kappa shape index (κ2) is 6.33. The van der Waals surface area contributed by atoms with Gasteiger partial charge < -0.3 is 15.0 Å². The second-order valence-electron chi connectivity index (χ2n) is 6.52. The molecular weight excluding hydrogens is 318 g/mol. The zero-order chi connectivity index (χ0) is 17.3. The lowest BCUT2D eigenvalue weighted by atomic mass is 9.93. The molecule has 0 aliphatic carbocycles. The van der Waals surface area contributed by atoms with Gasteiger partial charge in [-0.1, -0.05) is 0 Å². The smallest absolute Gasteiger partial charge is 0.224 e. The molecule has 1 amide bonds. The molecule has 4 rings (SSSR count). The lowest BCUT2D eigenvalue weighted by Gasteiger charge is -2.27. The first-order valence-electron chi connectivity index (χ1n) is 8.47. The van der Waals surface area contributed by atoms with E-state index in [-0.39, 0.29) is 5.91 Å². The van der Waals surface area contributed by atoms with Crippen molar-refractivity contribution >= 4 is 16.9 Å². The van der Waals surface area contributed by atoms with E-state index in [1.807, 2.05) is 37.8 Å². The summed E-state index contributed by atoms with van der Waals surface area (Å²) in [4.78, 5) is 19.8. The van der Waals surface area contributed by atoms with Gasteiger partial charge in [-0.2, -0.15) is 5.10 Å². The minimum atomic E-state index is -0.467. The number of amides is 1. The van der Waals surface area contributed by atoms with Crippen molar-refractivity contribution in [3.63, 3.8) is 0 Å². The third kappa shape index (κ3) is 3.02. The number of rotatable bonds is 5. The maximum absolute atomic E-state index is 12.5. The number of nitrogens with zero attached hydrogens (tertiary/aromatic N) is 3. The van der Waals surface area contributed by atoms with Gasteiger partial charge in [0, 0.05) is 43.2 Å². The van der Waals surface area contributed by atoms with Gasteiger partial charge in [0.05, 0.1) is 19.2 Å². The van der Waals surface area contributed by atoms with Crippen LogP contribution < -0.4 is 5.32 Å². The van der Waals surface area contributed by atoms with Crippen LogP contribution >= 0.6 is 0 Å². The van der Waals surface area contributed by atoms with Gasteiger partial charge in [0.1, 0.15) is 11.2 Å². The molecule has 3 aromatic rings. The molecule has 1 aliphatic heterocycles. The predicted molar refractivity (Wildman–Crippen MR) is 92.9 cm³/mol. The molecule has 7 nitrogen and oxygen atoms in total. The van der Waals surface area contributed by atoms with Crippen LogP contribution in [0.4, 0.5) is 0 Å². The normalized spacial score (nSPS) is 20.2. The van der Waals surface area contributed by atoms with Crippen molar-refractivity contribution < 1.29 is 9.53 Å². The highest BCUT2D eigenvalue weighted by atomic mass is 16.5. The molecule has 1 unspecified atom stereocenters. The maximum Gasteiger partial charge on any atom is 0.224 e. The Balaban J connectivity index is 1.45. The van der Waals surface area contributed by atoms with Crippen LogP contribution in [-0.2, 0) is 28.6 Å². The topological polar surface area (TPSA) is 84.8 Å². The van der Waals surface area contributed by atoms with Crippen LogP contribution in [0, 0.1) is 0 Å². The maximum atomic E-state index is 12.5. The van der Waals surface area contributed by atoms with Crippen molar-refractivity contribution in [2.75, 3.05) is 13.2 Å². The molecule has 0 radical (unpaired) electrons. The fraction of sp³-hybridized carbons (Fsp3) is 0.389. The van der Waals surface area contributed by atoms with Crippen molar-refractivity contribution in [1.29, 1.82) is 0 Å². The predicted octanol–water partition coefficient (Wildman–Crippen LogP) is 1.66. The molecule has 1 aliphatic rings. The number of hydrogen-bond donors (Lipinski definition) is 2. The highest BCUT2D eigenvalue weighted by molar-refractivity contribution is 5.87. The molecule has 0 bridgehead atoms. The standard InChI is InChI=1S/C18H21N5O2/c1-23-11-14(10-22-23)18(5-3-7-25-18)12-21-16(24)8-13-9-20-17-15(13)4-2-6-19-17/h2,4,6,9-11H,3,5,7-8,12H2,1H3,(H,19,20)(H,21,24). The molecule has 1 atom stereocenters. The highest BCUT2D eigenvalue weighted by Gasteiger charge is 2.38. The first-order chi connectivity index (χ1) is 12.2. The Bertz CT molecular complexity index is 892. The van der Waals surface area contributed by atoms with E-state index in [0.29, 0.717) is 19.6 Å². The van der Waals surface area contributed by atoms with Crippen molar-refractivity contribution in [2.45, 2.75) is 24.9 Å². The van der Waals surface area contributed by atoms with Gasteiger partial charge in [0.2, 0.25) is 5.91 Å². The first-order valence-corrected chi connectivity index (χ1v) is 8.47. The number of carbonyl (C=O) groups excluding carboxylic acids is 1. The van der Waals surface area contributed by atoms with Crippen molar-refractivity contribution in [1.82, 2.24) is 25.1 Å². The number of aromatic amines is 1. The molecule has 0 saturated carbocycles. The molecule has 1 saturated heterocycles. The molecular formula is C18H21N5O2. The summed E-state index contributed by atoms with van der Waals surface area (Å²) >= 11 is 0. The summed E-state index contributed by atoms with van der Waals surface area (Å²) in [7, 11) is 1.88. The summed E-state index contributed by atoms with van der Waals surface area (Å²) in [6.45, 7) is 1.16. The molecule has 1 fully saturated rings. The van der Waals surface area contributed by atoms with E-state index < -0.39 is 5.60 Å². The van der Waals surface area contributed by atoms with E-state index in [2.05, 4.69) is 20.4 Å². The zero-order valence-corrected chi connectivity index (χ0v) is 14.2. The van der Waals surface area contributed by atoms with Crippen LogP contribution in [-0.4, -0.2) is 38.8 Å². The number of H-pyrrole nitrogens is 1. The largest absolute Gasteiger partial charge is 0.368 e. The quantitative estimate of drug-likeness (QED) is 0.740. The summed E-state index contributed by atoms with van der Waals surface area (Å²) in [5.41, 5.74) is 2.30. The van der Waals surface area contributed by atoms with Crippen LogP contribution in [0.1, 0.15) is 24.0 Å². The fourth-order valence-corrected chi connectivity index (χ4v) is 3.46. The number of pyridine rings is 1. The Hall–Kier alpha value is -2.67. The van der Waals surface area contributed by atoms with E-state index in [4.69, 9.17) is 4.74 Å². The molecule has 3 aromatic heterocycles. The Labute approximate surface area is 145 Å². The molecule has 4 heterocycles. The van der Waals surface area contributed by atoms with Gasteiger partial charge in [-0.25, -0.2) is 4.98 Å². The van der Waals surface area contributed by atoms with E-state index in [1.54, 1.807) is 10.9 Å². The van der Waals surface area contributed by atoms with E-state index in [1.165, 1.54) is 0 Å². The SMILES string of the molecule is Cn1cc(C2(CNC(=O)Cc3c[nH]c4ncccc34)CCCO2)cn1. The van der Waals surface area contributed by atoms with Crippen LogP contribution in [0.5, 0.6) is 0 Å². The summed E-state index contributed by atoms with van der Waals surface area (Å²) in [6, 6.07) is 3.85. The average Bonchev–Trinajstić information content (AvgIpc) is 3.34. The number of carbonyl (C=O) groups is 1. The van der Waals surface area contributed by atoms with Crippen molar-refractivity contribution in [3.05, 3.63) is 48.0 Å². The Morgan fingerprint density at radius 3 is 3.20 bits per heavy atom. The van der Waals surface area contributed by atoms with Gasteiger partial charge in [0.15, 0.2) is 0 Å². The zero-order valence-electron chi connectivity index (χ0n) is 14.2. The number of nitrogens with one attached hydrogen (secondary N) is 2. The van der Waals surface area contributed by atoms with Crippen LogP contribution in [0.25, 0.3) is 11.0 Å². The van der Waals surface area contributed by atoms with Crippen molar-refractivity contribution in [2.24, 2.45) is 7.05 Å². The van der Waals surface area contributed by atoms with Crippen LogP contribution in [0.15, 0.2) is 36.9 Å². The Kier molecular flexibility index (Phi) is 4.01. The van der Waals surface area contributed by atoms with Gasteiger partial charge in [-0.3, -0.25) is 9.48 Å². The van der Waals surface area contributed by atoms with Gasteiger partial charge in [-0.05, 0) is 30.5 Å². The fourth-order valence-electron chi connectivity index (χ4n) is 3.46. The number of aromatic nitrogens is 4. The third-order valence-electron chi connectivity index (χ3n) is 4.79. The molecule has 2 N–H and O–H groups in total. The van der Waals surface area contributed by atoms with Crippen molar-refractivity contribution in [3.8, 4) is 0 Å². The summed E-state index contributed by atoms with van der Waals surface area (Å²) < 4.78 is 7.78. The lowest BCUT2D eigenvalue weighted by Crippen LogP contribution is -2.40. The molecule has 0 aromatic carbocycles. The molecule has 7 heteroatoms. The van der Waals surface area contributed by atoms with E-state index in [0.717, 1.165) is 35.0 Å². The summed E-state index contributed by atoms with van der Waals surface area (Å²) in [5, 5.41) is 8.27. The minimum absolute atomic E-state index is 0.0245. The van der Waals surface area contributed by atoms with Crippen LogP contribution in [0.3, 0.4) is 0 Å². The van der Waals surface area contributed by atoms with Crippen LogP contribution in [0.2, 0.25) is 0 Å². The molecule has 0 spiro atoms. The summed E-state index contributed by atoms with van der Waals surface area (Å²) in [5.74, 6) is -0.0245. The van der Waals surface area contributed by atoms with Gasteiger partial charge >= 0.3 is 0 Å². The molecule has 25 heavy (non-hydrogen) atoms. The number of hydrogen-bond acceptors (Lipinski definition) is 4. The number of aryl methyl sites for hydroxylation is 1.